The molecule has 0 aliphatic carbocycles. The SMILES string of the molecule is CCOc1cc([C@@H]2C(=C(O)c3ccc4c(c3)C[C@@H](C)O4)C(=O)C(=O)N2CCc2ccccc2)ccc1OCc1ccccc1. The molecule has 6 rings (SSSR count). The second kappa shape index (κ2) is 12.7. The van der Waals surface area contributed by atoms with E-state index in [1.807, 2.05) is 86.6 Å². The van der Waals surface area contributed by atoms with Crippen molar-refractivity contribution in [3.8, 4) is 17.2 Å². The summed E-state index contributed by atoms with van der Waals surface area (Å²) < 4.78 is 17.9. The molecule has 7 heteroatoms. The van der Waals surface area contributed by atoms with Crippen LogP contribution >= 0.6 is 0 Å². The molecule has 1 N–H and O–H groups in total. The minimum Gasteiger partial charge on any atom is -0.507 e. The lowest BCUT2D eigenvalue weighted by molar-refractivity contribution is -0.139. The first-order chi connectivity index (χ1) is 21.4. The van der Waals surface area contributed by atoms with Crippen LogP contribution in [0.5, 0.6) is 17.2 Å². The Morgan fingerprint density at radius 1 is 0.886 bits per heavy atom. The molecule has 0 bridgehead atoms. The fraction of sp³-hybridized carbons (Fsp3) is 0.243. The third kappa shape index (κ3) is 5.91. The zero-order valence-electron chi connectivity index (χ0n) is 24.9. The standard InChI is InChI=1S/C37H35NO6/c1-3-42-32-22-27(14-17-31(32)43-23-26-12-8-5-9-13-26)34-33(35(39)28-15-16-30-29(21-28)20-24(2)44-30)36(40)37(41)38(34)19-18-25-10-6-4-7-11-25/h4-17,21-22,24,34,39H,3,18-20,23H2,1-2H3/t24-,34-/m1/s1. The highest BCUT2D eigenvalue weighted by Crippen LogP contribution is 2.43. The van der Waals surface area contributed by atoms with Gasteiger partial charge in [-0.2, -0.15) is 0 Å². The van der Waals surface area contributed by atoms with E-state index in [4.69, 9.17) is 14.2 Å². The number of ketones is 1. The van der Waals surface area contributed by atoms with Crippen LogP contribution in [0.4, 0.5) is 0 Å². The van der Waals surface area contributed by atoms with Crippen LogP contribution in [0.1, 0.15) is 47.7 Å². The zero-order chi connectivity index (χ0) is 30.6. The van der Waals surface area contributed by atoms with Gasteiger partial charge in [0, 0.05) is 18.5 Å². The maximum atomic E-state index is 13.7. The van der Waals surface area contributed by atoms with Gasteiger partial charge in [-0.25, -0.2) is 0 Å². The molecule has 4 aromatic carbocycles. The second-order valence-electron chi connectivity index (χ2n) is 11.1. The number of carbonyl (C=O) groups is 2. The van der Waals surface area contributed by atoms with Crippen molar-refractivity contribution in [2.24, 2.45) is 0 Å². The van der Waals surface area contributed by atoms with Crippen molar-refractivity contribution < 1.29 is 28.9 Å². The van der Waals surface area contributed by atoms with Gasteiger partial charge < -0.3 is 24.2 Å². The number of ether oxygens (including phenoxy) is 3. The van der Waals surface area contributed by atoms with Crippen molar-refractivity contribution in [1.82, 2.24) is 4.90 Å². The first-order valence-corrected chi connectivity index (χ1v) is 15.0. The van der Waals surface area contributed by atoms with E-state index in [0.717, 1.165) is 22.4 Å². The van der Waals surface area contributed by atoms with Gasteiger partial charge in [-0.15, -0.1) is 0 Å². The number of Topliss-reactive ketones (excluding diaryl/α,β-unsaturated/α-hetero) is 1. The number of nitrogens with zero attached hydrogens (tertiary/aromatic N) is 1. The van der Waals surface area contributed by atoms with E-state index in [0.29, 0.717) is 55.2 Å². The summed E-state index contributed by atoms with van der Waals surface area (Å²) in [5, 5.41) is 11.7. The molecular formula is C37H35NO6. The average molecular weight is 590 g/mol. The van der Waals surface area contributed by atoms with Gasteiger partial charge in [0.2, 0.25) is 0 Å². The highest BCUT2D eigenvalue weighted by Gasteiger charge is 2.46. The fourth-order valence-corrected chi connectivity index (χ4v) is 5.89. The lowest BCUT2D eigenvalue weighted by Gasteiger charge is -2.26. The molecule has 224 valence electrons. The summed E-state index contributed by atoms with van der Waals surface area (Å²) in [7, 11) is 0. The van der Waals surface area contributed by atoms with Gasteiger partial charge in [0.25, 0.3) is 11.7 Å². The van der Waals surface area contributed by atoms with Crippen LogP contribution in [0.3, 0.4) is 0 Å². The van der Waals surface area contributed by atoms with Crippen LogP contribution in [0.2, 0.25) is 0 Å². The summed E-state index contributed by atoms with van der Waals surface area (Å²) >= 11 is 0. The van der Waals surface area contributed by atoms with E-state index < -0.39 is 17.7 Å². The van der Waals surface area contributed by atoms with E-state index in [-0.39, 0.29) is 17.4 Å². The fourth-order valence-electron chi connectivity index (χ4n) is 5.89. The predicted molar refractivity (Wildman–Crippen MR) is 168 cm³/mol. The molecule has 4 aromatic rings. The molecule has 0 aromatic heterocycles. The summed E-state index contributed by atoms with van der Waals surface area (Å²) in [6.07, 6.45) is 1.29. The predicted octanol–water partition coefficient (Wildman–Crippen LogP) is 6.65. The van der Waals surface area contributed by atoms with Crippen LogP contribution in [0.15, 0.2) is 103 Å². The van der Waals surface area contributed by atoms with Crippen molar-refractivity contribution in [1.29, 1.82) is 0 Å². The maximum absolute atomic E-state index is 13.7. The molecule has 0 unspecified atom stereocenters. The monoisotopic (exact) mass is 589 g/mol. The largest absolute Gasteiger partial charge is 0.507 e. The molecule has 2 aliphatic rings. The second-order valence-corrected chi connectivity index (χ2v) is 11.1. The summed E-state index contributed by atoms with van der Waals surface area (Å²) in [6.45, 7) is 4.92. The molecule has 0 saturated carbocycles. The summed E-state index contributed by atoms with van der Waals surface area (Å²) in [6, 6.07) is 29.7. The molecule has 1 fully saturated rings. The number of rotatable bonds is 10. The van der Waals surface area contributed by atoms with Gasteiger partial charge in [0.1, 0.15) is 24.2 Å². The Labute approximate surface area is 257 Å². The van der Waals surface area contributed by atoms with Crippen molar-refractivity contribution >= 4 is 17.4 Å². The third-order valence-corrected chi connectivity index (χ3v) is 8.01. The van der Waals surface area contributed by atoms with E-state index >= 15 is 0 Å². The molecule has 2 heterocycles. The number of aliphatic hydroxyl groups is 1. The molecular weight excluding hydrogens is 554 g/mol. The van der Waals surface area contributed by atoms with Crippen LogP contribution in [0, 0.1) is 0 Å². The topological polar surface area (TPSA) is 85.3 Å². The molecule has 2 atom stereocenters. The van der Waals surface area contributed by atoms with Gasteiger partial charge in [-0.3, -0.25) is 9.59 Å². The molecule has 0 spiro atoms. The van der Waals surface area contributed by atoms with Crippen LogP contribution in [-0.2, 0) is 29.0 Å². The Balaban J connectivity index is 1.40. The Morgan fingerprint density at radius 3 is 2.34 bits per heavy atom. The van der Waals surface area contributed by atoms with Crippen LogP contribution in [-0.4, -0.2) is 41.0 Å². The minimum atomic E-state index is -0.815. The lowest BCUT2D eigenvalue weighted by atomic mass is 9.94. The van der Waals surface area contributed by atoms with Crippen molar-refractivity contribution in [3.05, 3.63) is 130 Å². The lowest BCUT2D eigenvalue weighted by Crippen LogP contribution is -2.31. The van der Waals surface area contributed by atoms with Crippen molar-refractivity contribution in [3.63, 3.8) is 0 Å². The number of benzene rings is 4. The third-order valence-electron chi connectivity index (χ3n) is 8.01. The molecule has 44 heavy (non-hydrogen) atoms. The van der Waals surface area contributed by atoms with E-state index in [1.54, 1.807) is 29.2 Å². The number of hydrogen-bond acceptors (Lipinski definition) is 6. The van der Waals surface area contributed by atoms with Crippen LogP contribution < -0.4 is 14.2 Å². The van der Waals surface area contributed by atoms with Crippen molar-refractivity contribution in [2.45, 2.75) is 45.4 Å². The zero-order valence-corrected chi connectivity index (χ0v) is 24.9. The summed E-state index contributed by atoms with van der Waals surface area (Å²) in [4.78, 5) is 28.8. The Hall–Kier alpha value is -5.04. The average Bonchev–Trinajstić information content (AvgIpc) is 3.54. The summed E-state index contributed by atoms with van der Waals surface area (Å²) in [5.41, 5.74) is 4.18. The van der Waals surface area contributed by atoms with Crippen molar-refractivity contribution in [2.75, 3.05) is 13.2 Å². The normalized spacial score (nSPS) is 18.6. The van der Waals surface area contributed by atoms with Gasteiger partial charge in [-0.05, 0) is 72.9 Å². The van der Waals surface area contributed by atoms with Gasteiger partial charge in [-0.1, -0.05) is 66.7 Å². The van der Waals surface area contributed by atoms with E-state index in [1.165, 1.54) is 0 Å². The smallest absolute Gasteiger partial charge is 0.295 e. The molecule has 1 amide bonds. The summed E-state index contributed by atoms with van der Waals surface area (Å²) in [5.74, 6) is 0.245. The van der Waals surface area contributed by atoms with E-state index in [2.05, 4.69) is 0 Å². The number of likely N-dealkylation sites (tertiary alicyclic amines) is 1. The number of fused-ring (bicyclic) bond motifs is 1. The minimum absolute atomic E-state index is 0.0329. The van der Waals surface area contributed by atoms with Crippen LogP contribution in [0.25, 0.3) is 5.76 Å². The number of carbonyl (C=O) groups excluding carboxylic acids is 2. The first kappa shape index (κ1) is 29.1. The molecule has 2 aliphatic heterocycles. The number of hydrogen-bond donors (Lipinski definition) is 1. The Morgan fingerprint density at radius 2 is 1.61 bits per heavy atom. The molecule has 0 radical (unpaired) electrons. The maximum Gasteiger partial charge on any atom is 0.295 e. The quantitative estimate of drug-likeness (QED) is 0.127. The first-order valence-electron chi connectivity index (χ1n) is 15.0. The Kier molecular flexibility index (Phi) is 8.37. The highest BCUT2D eigenvalue weighted by atomic mass is 16.5. The highest BCUT2D eigenvalue weighted by molar-refractivity contribution is 6.46. The Bertz CT molecular complexity index is 1700. The van der Waals surface area contributed by atoms with E-state index in [9.17, 15) is 14.7 Å². The van der Waals surface area contributed by atoms with Gasteiger partial charge >= 0.3 is 0 Å². The van der Waals surface area contributed by atoms with Gasteiger partial charge in [0.05, 0.1) is 18.2 Å². The number of amides is 1. The molecule has 7 nitrogen and oxygen atoms in total. The number of aliphatic hydroxyl groups excluding tert-OH is 1. The van der Waals surface area contributed by atoms with Gasteiger partial charge in [0.15, 0.2) is 11.5 Å². The molecule has 1 saturated heterocycles.